The van der Waals surface area contributed by atoms with Crippen molar-refractivity contribution in [1.29, 1.82) is 0 Å². The number of fused-ring (bicyclic) bond motifs is 1. The van der Waals surface area contributed by atoms with Crippen LogP contribution in [0.25, 0.3) is 10.2 Å². The Morgan fingerprint density at radius 3 is 2.44 bits per heavy atom. The van der Waals surface area contributed by atoms with Crippen molar-refractivity contribution in [3.8, 4) is 0 Å². The van der Waals surface area contributed by atoms with Gasteiger partial charge >= 0.3 is 0 Å². The highest BCUT2D eigenvalue weighted by Crippen LogP contribution is 2.34. The number of benzene rings is 2. The second-order valence-electron chi connectivity index (χ2n) is 8.72. The minimum absolute atomic E-state index is 0.0197. The van der Waals surface area contributed by atoms with E-state index in [2.05, 4.69) is 18.2 Å². The predicted molar refractivity (Wildman–Crippen MR) is 128 cm³/mol. The third-order valence-electron chi connectivity index (χ3n) is 6.62. The van der Waals surface area contributed by atoms with Crippen LogP contribution in [0.3, 0.4) is 0 Å². The molecule has 0 radical (unpaired) electrons. The van der Waals surface area contributed by atoms with Crippen LogP contribution in [0.2, 0.25) is 5.02 Å². The highest BCUT2D eigenvalue weighted by molar-refractivity contribution is 7.18. The molecule has 0 saturated carbocycles. The topological polar surface area (TPSA) is 53.5 Å². The molecule has 2 aliphatic rings. The van der Waals surface area contributed by atoms with Crippen LogP contribution in [0.5, 0.6) is 0 Å². The van der Waals surface area contributed by atoms with Crippen molar-refractivity contribution < 1.29 is 9.59 Å². The fourth-order valence-corrected chi connectivity index (χ4v) is 6.07. The lowest BCUT2D eigenvalue weighted by Gasteiger charge is -2.37. The highest BCUT2D eigenvalue weighted by atomic mass is 35.5. The Balaban J connectivity index is 1.19. The lowest BCUT2D eigenvalue weighted by atomic mass is 9.92. The quantitative estimate of drug-likeness (QED) is 0.531. The SMILES string of the molecule is O=C(c1ccc(Cl)cc1)N1CCCC(C(=O)N2CCC(c3nc4ccccc4s3)CC2)C1. The number of thiazole rings is 1. The van der Waals surface area contributed by atoms with E-state index in [0.29, 0.717) is 29.6 Å². The summed E-state index contributed by atoms with van der Waals surface area (Å²) in [6, 6.07) is 15.2. The van der Waals surface area contributed by atoms with Gasteiger partial charge in [0.25, 0.3) is 5.91 Å². The predicted octanol–water partition coefficient (Wildman–Crippen LogP) is 5.21. The van der Waals surface area contributed by atoms with Crippen LogP contribution in [-0.2, 0) is 4.79 Å². The van der Waals surface area contributed by atoms with Crippen LogP contribution in [0, 0.1) is 5.92 Å². The number of rotatable bonds is 3. The van der Waals surface area contributed by atoms with Crippen molar-refractivity contribution in [2.45, 2.75) is 31.6 Å². The number of para-hydroxylation sites is 1. The molecule has 3 aromatic rings. The van der Waals surface area contributed by atoms with Gasteiger partial charge in [0.15, 0.2) is 0 Å². The second-order valence-corrected chi connectivity index (χ2v) is 10.2. The summed E-state index contributed by atoms with van der Waals surface area (Å²) in [6.45, 7) is 2.73. The fourth-order valence-electron chi connectivity index (χ4n) is 4.81. The molecule has 32 heavy (non-hydrogen) atoms. The number of halogens is 1. The van der Waals surface area contributed by atoms with Gasteiger partial charge in [-0.1, -0.05) is 23.7 Å². The summed E-state index contributed by atoms with van der Waals surface area (Å²) in [7, 11) is 0. The number of nitrogens with zero attached hydrogens (tertiary/aromatic N) is 3. The van der Waals surface area contributed by atoms with Crippen LogP contribution in [0.15, 0.2) is 48.5 Å². The fraction of sp³-hybridized carbons (Fsp3) is 0.400. The molecule has 2 aliphatic heterocycles. The Bertz CT molecular complexity index is 1090. The zero-order chi connectivity index (χ0) is 22.1. The number of hydrogen-bond acceptors (Lipinski definition) is 4. The molecule has 0 spiro atoms. The number of aromatic nitrogens is 1. The molecule has 166 valence electrons. The Morgan fingerprint density at radius 1 is 0.938 bits per heavy atom. The van der Waals surface area contributed by atoms with Gasteiger partial charge in [-0.3, -0.25) is 9.59 Å². The van der Waals surface area contributed by atoms with Crippen molar-refractivity contribution in [1.82, 2.24) is 14.8 Å². The molecule has 7 heteroatoms. The first-order valence-corrected chi connectivity index (χ1v) is 12.5. The maximum Gasteiger partial charge on any atom is 0.253 e. The lowest BCUT2D eigenvalue weighted by molar-refractivity contribution is -0.138. The lowest BCUT2D eigenvalue weighted by Crippen LogP contribution is -2.48. The molecule has 5 rings (SSSR count). The van der Waals surface area contributed by atoms with E-state index in [4.69, 9.17) is 16.6 Å². The van der Waals surface area contributed by atoms with Crippen LogP contribution < -0.4 is 0 Å². The molecule has 5 nitrogen and oxygen atoms in total. The monoisotopic (exact) mass is 467 g/mol. The number of hydrogen-bond donors (Lipinski definition) is 0. The highest BCUT2D eigenvalue weighted by Gasteiger charge is 2.34. The largest absolute Gasteiger partial charge is 0.342 e. The summed E-state index contributed by atoms with van der Waals surface area (Å²) in [5, 5.41) is 1.80. The Hall–Kier alpha value is -2.44. The van der Waals surface area contributed by atoms with Gasteiger partial charge in [-0.25, -0.2) is 4.98 Å². The molecular weight excluding hydrogens is 442 g/mol. The molecule has 2 saturated heterocycles. The minimum atomic E-state index is -0.112. The first-order valence-electron chi connectivity index (χ1n) is 11.3. The van der Waals surface area contributed by atoms with Gasteiger partial charge in [-0.15, -0.1) is 11.3 Å². The minimum Gasteiger partial charge on any atom is -0.342 e. The van der Waals surface area contributed by atoms with E-state index in [9.17, 15) is 9.59 Å². The third kappa shape index (κ3) is 4.39. The third-order valence-corrected chi connectivity index (χ3v) is 8.07. The Labute approximate surface area is 197 Å². The van der Waals surface area contributed by atoms with Crippen LogP contribution in [-0.4, -0.2) is 52.8 Å². The van der Waals surface area contributed by atoms with Crippen LogP contribution in [0.4, 0.5) is 0 Å². The number of piperidine rings is 2. The van der Waals surface area contributed by atoms with Gasteiger partial charge in [0.05, 0.1) is 21.1 Å². The number of carbonyl (C=O) groups is 2. The average molecular weight is 468 g/mol. The molecule has 1 atom stereocenters. The second kappa shape index (κ2) is 9.20. The molecule has 0 aliphatic carbocycles. The molecule has 1 unspecified atom stereocenters. The molecule has 1 aromatic heterocycles. The maximum atomic E-state index is 13.2. The smallest absolute Gasteiger partial charge is 0.253 e. The molecule has 0 bridgehead atoms. The summed E-state index contributed by atoms with van der Waals surface area (Å²) >= 11 is 7.72. The summed E-state index contributed by atoms with van der Waals surface area (Å²) in [4.78, 5) is 34.8. The van der Waals surface area contributed by atoms with E-state index in [1.807, 2.05) is 15.9 Å². The summed E-state index contributed by atoms with van der Waals surface area (Å²) < 4.78 is 1.23. The van der Waals surface area contributed by atoms with E-state index in [0.717, 1.165) is 44.3 Å². The van der Waals surface area contributed by atoms with Gasteiger partial charge in [-0.2, -0.15) is 0 Å². The molecule has 0 N–H and O–H groups in total. The average Bonchev–Trinajstić information content (AvgIpc) is 3.28. The van der Waals surface area contributed by atoms with Crippen molar-refractivity contribution >= 4 is 45.0 Å². The first kappa shape index (κ1) is 21.4. The summed E-state index contributed by atoms with van der Waals surface area (Å²) in [6.07, 6.45) is 3.61. The van der Waals surface area contributed by atoms with Crippen LogP contribution >= 0.6 is 22.9 Å². The number of amides is 2. The van der Waals surface area contributed by atoms with E-state index >= 15 is 0 Å². The van der Waals surface area contributed by atoms with Crippen molar-refractivity contribution in [3.05, 3.63) is 64.1 Å². The van der Waals surface area contributed by atoms with Gasteiger partial charge in [0, 0.05) is 42.7 Å². The number of likely N-dealkylation sites (tertiary alicyclic amines) is 2. The van der Waals surface area contributed by atoms with Crippen molar-refractivity contribution in [2.75, 3.05) is 26.2 Å². The summed E-state index contributed by atoms with van der Waals surface area (Å²) in [5.74, 6) is 0.486. The van der Waals surface area contributed by atoms with E-state index in [-0.39, 0.29) is 17.7 Å². The number of carbonyl (C=O) groups excluding carboxylic acids is 2. The normalized spacial score (nSPS) is 20.0. The first-order chi connectivity index (χ1) is 15.6. The van der Waals surface area contributed by atoms with Crippen molar-refractivity contribution in [3.63, 3.8) is 0 Å². The van der Waals surface area contributed by atoms with E-state index in [1.54, 1.807) is 35.6 Å². The van der Waals surface area contributed by atoms with Gasteiger partial charge in [-0.05, 0) is 62.1 Å². The molecule has 2 amide bonds. The Morgan fingerprint density at radius 2 is 1.69 bits per heavy atom. The van der Waals surface area contributed by atoms with E-state index < -0.39 is 0 Å². The van der Waals surface area contributed by atoms with Gasteiger partial charge in [0.2, 0.25) is 5.91 Å². The van der Waals surface area contributed by atoms with Crippen molar-refractivity contribution in [2.24, 2.45) is 5.92 Å². The molecular formula is C25H26ClN3O2S. The molecule has 3 heterocycles. The standard InChI is InChI=1S/C25H26ClN3O2S/c26-20-9-7-18(8-10-20)24(30)29-13-3-4-19(16-29)25(31)28-14-11-17(12-15-28)23-27-21-5-1-2-6-22(21)32-23/h1-2,5-10,17,19H,3-4,11-16H2. The van der Waals surface area contributed by atoms with E-state index in [1.165, 1.54) is 9.71 Å². The maximum absolute atomic E-state index is 13.2. The van der Waals surface area contributed by atoms with Gasteiger partial charge < -0.3 is 9.80 Å². The zero-order valence-electron chi connectivity index (χ0n) is 17.9. The molecule has 2 fully saturated rings. The molecule has 2 aromatic carbocycles. The zero-order valence-corrected chi connectivity index (χ0v) is 19.4. The van der Waals surface area contributed by atoms with Crippen LogP contribution in [0.1, 0.15) is 47.0 Å². The Kier molecular flexibility index (Phi) is 6.15. The van der Waals surface area contributed by atoms with Gasteiger partial charge in [0.1, 0.15) is 0 Å². The summed E-state index contributed by atoms with van der Waals surface area (Å²) in [5.41, 5.74) is 1.69.